The van der Waals surface area contributed by atoms with Crippen molar-refractivity contribution in [1.29, 1.82) is 0 Å². The Bertz CT molecular complexity index is 215. The quantitative estimate of drug-likeness (QED) is 0.778. The first-order valence-electron chi connectivity index (χ1n) is 6.72. The molecule has 1 saturated carbocycles. The Kier molecular flexibility index (Phi) is 4.81. The van der Waals surface area contributed by atoms with Crippen LogP contribution in [0.4, 0.5) is 0 Å². The van der Waals surface area contributed by atoms with E-state index < -0.39 is 0 Å². The van der Waals surface area contributed by atoms with Crippen molar-refractivity contribution >= 4 is 0 Å². The van der Waals surface area contributed by atoms with Crippen molar-refractivity contribution in [2.24, 2.45) is 11.3 Å². The molecule has 1 aliphatic rings. The van der Waals surface area contributed by atoms with Gasteiger partial charge in [0.2, 0.25) is 0 Å². The maximum atomic E-state index is 6.20. The summed E-state index contributed by atoms with van der Waals surface area (Å²) in [5.74, 6) is 0.772. The molecule has 1 aliphatic carbocycles. The van der Waals surface area contributed by atoms with Gasteiger partial charge in [0.1, 0.15) is 0 Å². The van der Waals surface area contributed by atoms with Gasteiger partial charge in [-0.15, -0.1) is 0 Å². The van der Waals surface area contributed by atoms with Crippen LogP contribution in [0.3, 0.4) is 0 Å². The minimum Gasteiger partial charge on any atom is -0.374 e. The van der Waals surface area contributed by atoms with Crippen molar-refractivity contribution in [3.8, 4) is 0 Å². The van der Waals surface area contributed by atoms with Gasteiger partial charge in [0.05, 0.1) is 5.60 Å². The molecule has 0 aliphatic heterocycles. The molecule has 0 aromatic heterocycles. The van der Waals surface area contributed by atoms with Crippen LogP contribution in [0.15, 0.2) is 0 Å². The van der Waals surface area contributed by atoms with Crippen molar-refractivity contribution in [2.45, 2.75) is 59.0 Å². The predicted molar refractivity (Wildman–Crippen MR) is 69.7 cm³/mol. The lowest BCUT2D eigenvalue weighted by atomic mass is 9.65. The molecule has 0 radical (unpaired) electrons. The molecule has 96 valence electrons. The third kappa shape index (κ3) is 3.74. The van der Waals surface area contributed by atoms with Crippen LogP contribution in [0.5, 0.6) is 0 Å². The predicted octanol–water partition coefficient (Wildman–Crippen LogP) is 3.22. The highest BCUT2D eigenvalue weighted by Crippen LogP contribution is 2.45. The maximum Gasteiger partial charge on any atom is 0.0813 e. The minimum absolute atomic E-state index is 0.0753. The fraction of sp³-hybridized carbons (Fsp3) is 1.00. The Morgan fingerprint density at radius 3 is 2.50 bits per heavy atom. The molecule has 1 N–H and O–H groups in total. The van der Waals surface area contributed by atoms with Crippen LogP contribution in [0.25, 0.3) is 0 Å². The third-order valence-electron chi connectivity index (χ3n) is 3.53. The van der Waals surface area contributed by atoms with Gasteiger partial charge in [-0.05, 0) is 44.1 Å². The molecule has 1 fully saturated rings. The summed E-state index contributed by atoms with van der Waals surface area (Å²) in [5.41, 5.74) is 0.494. The third-order valence-corrected chi connectivity index (χ3v) is 3.53. The molecule has 2 atom stereocenters. The zero-order chi connectivity index (χ0) is 12.2. The minimum atomic E-state index is 0.0753. The van der Waals surface area contributed by atoms with Crippen LogP contribution < -0.4 is 5.32 Å². The summed E-state index contributed by atoms with van der Waals surface area (Å²) in [6.45, 7) is 11.2. The van der Waals surface area contributed by atoms with Crippen LogP contribution in [0.1, 0.15) is 53.4 Å². The van der Waals surface area contributed by atoms with Gasteiger partial charge in [0, 0.05) is 13.2 Å². The van der Waals surface area contributed by atoms with E-state index >= 15 is 0 Å². The summed E-state index contributed by atoms with van der Waals surface area (Å²) < 4.78 is 6.20. The summed E-state index contributed by atoms with van der Waals surface area (Å²) in [6, 6.07) is 0. The van der Waals surface area contributed by atoms with Gasteiger partial charge < -0.3 is 10.1 Å². The lowest BCUT2D eigenvalue weighted by Crippen LogP contribution is -2.50. The van der Waals surface area contributed by atoms with Gasteiger partial charge in [0.15, 0.2) is 0 Å². The molecular weight excluding hydrogens is 198 g/mol. The summed E-state index contributed by atoms with van der Waals surface area (Å²) in [6.07, 6.45) is 4.83. The number of hydrogen-bond acceptors (Lipinski definition) is 2. The molecule has 0 bridgehead atoms. The fourth-order valence-corrected chi connectivity index (χ4v) is 3.60. The number of hydrogen-bond donors (Lipinski definition) is 1. The standard InChI is InChI=1S/C14H29NO/c1-6-7-16-14(11-15-5)9-12(2)8-13(3,4)10-14/h12,15H,6-11H2,1-5H3. The molecule has 2 unspecified atom stereocenters. The number of rotatable bonds is 5. The number of nitrogens with one attached hydrogen (secondary N) is 1. The van der Waals surface area contributed by atoms with Gasteiger partial charge in [0.25, 0.3) is 0 Å². The fourth-order valence-electron chi connectivity index (χ4n) is 3.60. The van der Waals surface area contributed by atoms with E-state index in [1.54, 1.807) is 0 Å². The highest BCUT2D eigenvalue weighted by atomic mass is 16.5. The first kappa shape index (κ1) is 14.0. The lowest BCUT2D eigenvalue weighted by molar-refractivity contribution is -0.108. The summed E-state index contributed by atoms with van der Waals surface area (Å²) in [4.78, 5) is 0. The second kappa shape index (κ2) is 5.50. The van der Waals surface area contributed by atoms with E-state index in [1.807, 2.05) is 7.05 Å². The van der Waals surface area contributed by atoms with Crippen molar-refractivity contribution in [3.63, 3.8) is 0 Å². The lowest BCUT2D eigenvalue weighted by Gasteiger charge is -2.47. The molecular formula is C14H29NO. The van der Waals surface area contributed by atoms with E-state index in [0.717, 1.165) is 25.5 Å². The average molecular weight is 227 g/mol. The molecule has 0 heterocycles. The largest absolute Gasteiger partial charge is 0.374 e. The van der Waals surface area contributed by atoms with Gasteiger partial charge >= 0.3 is 0 Å². The van der Waals surface area contributed by atoms with Crippen LogP contribution in [0.2, 0.25) is 0 Å². The van der Waals surface area contributed by atoms with E-state index in [0.29, 0.717) is 5.41 Å². The SMILES string of the molecule is CCCOC1(CNC)CC(C)CC(C)(C)C1. The molecule has 0 aromatic rings. The molecule has 0 saturated heterocycles. The Hall–Kier alpha value is -0.0800. The molecule has 0 amide bonds. The summed E-state index contributed by atoms with van der Waals surface area (Å²) >= 11 is 0. The Labute approximate surface area is 101 Å². The van der Waals surface area contributed by atoms with E-state index in [-0.39, 0.29) is 5.60 Å². The molecule has 2 heteroatoms. The Balaban J connectivity index is 2.73. The van der Waals surface area contributed by atoms with E-state index in [4.69, 9.17) is 4.74 Å². The highest BCUT2D eigenvalue weighted by Gasteiger charge is 2.43. The normalized spacial score (nSPS) is 33.9. The van der Waals surface area contributed by atoms with Gasteiger partial charge in [-0.1, -0.05) is 27.7 Å². The Morgan fingerprint density at radius 1 is 1.31 bits per heavy atom. The summed E-state index contributed by atoms with van der Waals surface area (Å²) in [5, 5.41) is 3.32. The molecule has 1 rings (SSSR count). The first-order valence-corrected chi connectivity index (χ1v) is 6.72. The molecule has 16 heavy (non-hydrogen) atoms. The van der Waals surface area contributed by atoms with Gasteiger partial charge in [-0.2, -0.15) is 0 Å². The highest BCUT2D eigenvalue weighted by molar-refractivity contribution is 4.95. The molecule has 0 aromatic carbocycles. The smallest absolute Gasteiger partial charge is 0.0813 e. The number of likely N-dealkylation sites (N-methyl/N-ethyl adjacent to an activating group) is 1. The zero-order valence-corrected chi connectivity index (χ0v) is 11.7. The van der Waals surface area contributed by atoms with Crippen LogP contribution in [-0.4, -0.2) is 25.8 Å². The van der Waals surface area contributed by atoms with Crippen LogP contribution >= 0.6 is 0 Å². The zero-order valence-electron chi connectivity index (χ0n) is 11.7. The van der Waals surface area contributed by atoms with Gasteiger partial charge in [-0.3, -0.25) is 0 Å². The van der Waals surface area contributed by atoms with E-state index in [1.165, 1.54) is 19.3 Å². The van der Waals surface area contributed by atoms with E-state index in [9.17, 15) is 0 Å². The van der Waals surface area contributed by atoms with E-state index in [2.05, 4.69) is 33.0 Å². The average Bonchev–Trinajstić information content (AvgIpc) is 2.12. The molecule has 2 nitrogen and oxygen atoms in total. The first-order chi connectivity index (χ1) is 7.43. The second-order valence-electron chi connectivity index (χ2n) is 6.42. The molecule has 0 spiro atoms. The number of ether oxygens (including phenoxy) is 1. The van der Waals surface area contributed by atoms with Crippen molar-refractivity contribution in [3.05, 3.63) is 0 Å². The Morgan fingerprint density at radius 2 is 2.00 bits per heavy atom. The van der Waals surface area contributed by atoms with Crippen LogP contribution in [0, 0.1) is 11.3 Å². The second-order valence-corrected chi connectivity index (χ2v) is 6.42. The van der Waals surface area contributed by atoms with Crippen molar-refractivity contribution < 1.29 is 4.74 Å². The van der Waals surface area contributed by atoms with Crippen molar-refractivity contribution in [2.75, 3.05) is 20.2 Å². The summed E-state index contributed by atoms with van der Waals surface area (Å²) in [7, 11) is 2.03. The van der Waals surface area contributed by atoms with Crippen LogP contribution in [-0.2, 0) is 4.74 Å². The van der Waals surface area contributed by atoms with Gasteiger partial charge in [-0.25, -0.2) is 0 Å². The maximum absolute atomic E-state index is 6.20. The topological polar surface area (TPSA) is 21.3 Å². The monoisotopic (exact) mass is 227 g/mol. The van der Waals surface area contributed by atoms with Crippen molar-refractivity contribution in [1.82, 2.24) is 5.32 Å².